The molecular weight excluding hydrogens is 532 g/mol. The Bertz CT molecular complexity index is 1520. The molecule has 1 atom stereocenters. The van der Waals surface area contributed by atoms with Gasteiger partial charge < -0.3 is 19.4 Å². The van der Waals surface area contributed by atoms with Crippen molar-refractivity contribution in [2.75, 3.05) is 11.9 Å². The van der Waals surface area contributed by atoms with Gasteiger partial charge in [0.1, 0.15) is 23.1 Å². The van der Waals surface area contributed by atoms with E-state index in [4.69, 9.17) is 26.1 Å². The monoisotopic (exact) mass is 566 g/mol. The van der Waals surface area contributed by atoms with Crippen LogP contribution in [0.15, 0.2) is 104 Å². The first-order valence-electron chi connectivity index (χ1n) is 13.9. The molecule has 0 bridgehead atoms. The maximum absolute atomic E-state index is 6.02. The summed E-state index contributed by atoms with van der Waals surface area (Å²) in [5.74, 6) is 3.86. The Balaban J connectivity index is 1.24. The second-order valence-corrected chi connectivity index (χ2v) is 10.9. The van der Waals surface area contributed by atoms with E-state index in [1.807, 2.05) is 60.7 Å². The topological polar surface area (TPSA) is 61.2 Å². The quantitative estimate of drug-likeness (QED) is 0.163. The van der Waals surface area contributed by atoms with Crippen molar-refractivity contribution in [2.45, 2.75) is 39.7 Å². The molecule has 41 heavy (non-hydrogen) atoms. The number of ether oxygens (including phenoxy) is 2. The molecule has 0 saturated carbocycles. The van der Waals surface area contributed by atoms with Gasteiger partial charge in [-0.05, 0) is 97.8 Å². The third-order valence-electron chi connectivity index (χ3n) is 6.60. The number of nitrogens with zero attached hydrogens (tertiary/aromatic N) is 3. The molecule has 0 aliphatic heterocycles. The summed E-state index contributed by atoms with van der Waals surface area (Å²) in [6.45, 7) is 7.20. The Labute approximate surface area is 247 Å². The zero-order valence-corrected chi connectivity index (χ0v) is 24.4. The largest absolute Gasteiger partial charge is 0.494 e. The third-order valence-corrected chi connectivity index (χ3v) is 6.85. The van der Waals surface area contributed by atoms with Crippen molar-refractivity contribution in [1.29, 1.82) is 0 Å². The predicted molar refractivity (Wildman–Crippen MR) is 167 cm³/mol. The van der Waals surface area contributed by atoms with Gasteiger partial charge >= 0.3 is 0 Å². The molecule has 5 aromatic rings. The van der Waals surface area contributed by atoms with Crippen LogP contribution >= 0.6 is 11.6 Å². The van der Waals surface area contributed by atoms with Gasteiger partial charge in [-0.25, -0.2) is 4.98 Å². The fourth-order valence-corrected chi connectivity index (χ4v) is 4.61. The van der Waals surface area contributed by atoms with Gasteiger partial charge in [0.15, 0.2) is 0 Å². The summed E-state index contributed by atoms with van der Waals surface area (Å²) in [5, 5.41) is 4.15. The lowest BCUT2D eigenvalue weighted by Gasteiger charge is -2.15. The van der Waals surface area contributed by atoms with E-state index < -0.39 is 0 Å². The van der Waals surface area contributed by atoms with Crippen LogP contribution in [0.1, 0.15) is 33.0 Å². The van der Waals surface area contributed by atoms with Crippen LogP contribution in [0.3, 0.4) is 0 Å². The van der Waals surface area contributed by atoms with Crippen LogP contribution in [0.5, 0.6) is 17.2 Å². The van der Waals surface area contributed by atoms with Gasteiger partial charge in [0.2, 0.25) is 0 Å². The smallest absolute Gasteiger partial charge is 0.127 e. The molecule has 5 rings (SSSR count). The minimum Gasteiger partial charge on any atom is -0.494 e. The molecule has 1 N–H and O–H groups in total. The van der Waals surface area contributed by atoms with Crippen LogP contribution in [0, 0.1) is 5.92 Å². The zero-order valence-electron chi connectivity index (χ0n) is 23.6. The first-order chi connectivity index (χ1) is 19.9. The molecule has 2 aromatic heterocycles. The van der Waals surface area contributed by atoms with Gasteiger partial charge in [0, 0.05) is 59.4 Å². The molecule has 0 spiro atoms. The lowest BCUT2D eigenvalue weighted by atomic mass is 10.1. The highest BCUT2D eigenvalue weighted by molar-refractivity contribution is 6.30. The Morgan fingerprint density at radius 3 is 2.10 bits per heavy atom. The Hall–Kier alpha value is -4.29. The number of hydrogen-bond donors (Lipinski definition) is 1. The standard InChI is InChI=1S/C34H35ClN4O2/c1-24(2)22-34-38-33(23-39(34)29-8-14-32(15-9-29)41-31-12-6-27(35)7-13-31)26-4-10-30(11-5-26)40-21-18-25(3)37-28-16-19-36-20-17-28/h4-17,19-20,23-25H,18,21-22H2,1-3H3,(H,36,37). The molecule has 210 valence electrons. The van der Waals surface area contributed by atoms with Crippen molar-refractivity contribution in [1.82, 2.24) is 14.5 Å². The normalized spacial score (nSPS) is 11.8. The van der Waals surface area contributed by atoms with Crippen molar-refractivity contribution in [3.05, 3.63) is 114 Å². The van der Waals surface area contributed by atoms with E-state index >= 15 is 0 Å². The number of aromatic nitrogens is 3. The number of benzene rings is 3. The SMILES string of the molecule is CC(C)Cc1nc(-c2ccc(OCCC(C)Nc3ccncc3)cc2)cn1-c1ccc(Oc2ccc(Cl)cc2)cc1. The van der Waals surface area contributed by atoms with E-state index in [1.165, 1.54) is 0 Å². The lowest BCUT2D eigenvalue weighted by molar-refractivity contribution is 0.304. The summed E-state index contributed by atoms with van der Waals surface area (Å²) in [4.78, 5) is 9.07. The second-order valence-electron chi connectivity index (χ2n) is 10.5. The minimum absolute atomic E-state index is 0.290. The highest BCUT2D eigenvalue weighted by Gasteiger charge is 2.13. The van der Waals surface area contributed by atoms with E-state index in [0.717, 1.165) is 58.5 Å². The summed E-state index contributed by atoms with van der Waals surface area (Å²) in [6.07, 6.45) is 7.44. The Morgan fingerprint density at radius 2 is 1.44 bits per heavy atom. The first-order valence-corrected chi connectivity index (χ1v) is 14.3. The molecule has 6 nitrogen and oxygen atoms in total. The summed E-state index contributed by atoms with van der Waals surface area (Å²) in [6, 6.07) is 27.8. The van der Waals surface area contributed by atoms with Crippen LogP contribution in [-0.2, 0) is 6.42 Å². The Kier molecular flexibility index (Phi) is 9.22. The average Bonchev–Trinajstić information content (AvgIpc) is 3.38. The fourth-order valence-electron chi connectivity index (χ4n) is 4.48. The van der Waals surface area contributed by atoms with E-state index in [-0.39, 0.29) is 6.04 Å². The van der Waals surface area contributed by atoms with Gasteiger partial charge in [0.05, 0.1) is 12.3 Å². The van der Waals surface area contributed by atoms with Crippen LogP contribution < -0.4 is 14.8 Å². The minimum atomic E-state index is 0.290. The van der Waals surface area contributed by atoms with Crippen molar-refractivity contribution in [2.24, 2.45) is 5.92 Å². The van der Waals surface area contributed by atoms with Crippen molar-refractivity contribution in [3.8, 4) is 34.2 Å². The van der Waals surface area contributed by atoms with Gasteiger partial charge in [-0.15, -0.1) is 0 Å². The molecular formula is C34H35ClN4O2. The predicted octanol–water partition coefficient (Wildman–Crippen LogP) is 8.85. The van der Waals surface area contributed by atoms with E-state index in [9.17, 15) is 0 Å². The van der Waals surface area contributed by atoms with Crippen LogP contribution in [-0.4, -0.2) is 27.2 Å². The summed E-state index contributed by atoms with van der Waals surface area (Å²) >= 11 is 5.99. The zero-order chi connectivity index (χ0) is 28.6. The first kappa shape index (κ1) is 28.2. The molecule has 0 radical (unpaired) electrons. The maximum atomic E-state index is 6.02. The molecule has 0 aliphatic carbocycles. The van der Waals surface area contributed by atoms with Gasteiger partial charge in [-0.1, -0.05) is 25.4 Å². The van der Waals surface area contributed by atoms with Crippen molar-refractivity contribution in [3.63, 3.8) is 0 Å². The average molecular weight is 567 g/mol. The van der Waals surface area contributed by atoms with Crippen LogP contribution in [0.4, 0.5) is 5.69 Å². The number of imidazole rings is 1. The van der Waals surface area contributed by atoms with Crippen LogP contribution in [0.25, 0.3) is 16.9 Å². The number of halogens is 1. The molecule has 1 unspecified atom stereocenters. The number of nitrogens with one attached hydrogen (secondary N) is 1. The number of hydrogen-bond acceptors (Lipinski definition) is 5. The highest BCUT2D eigenvalue weighted by Crippen LogP contribution is 2.28. The summed E-state index contributed by atoms with van der Waals surface area (Å²) < 4.78 is 14.2. The van der Waals surface area contributed by atoms with E-state index in [2.05, 4.69) is 66.1 Å². The molecule has 3 aromatic carbocycles. The van der Waals surface area contributed by atoms with E-state index in [0.29, 0.717) is 17.5 Å². The van der Waals surface area contributed by atoms with Crippen molar-refractivity contribution >= 4 is 17.3 Å². The molecule has 0 fully saturated rings. The summed E-state index contributed by atoms with van der Waals surface area (Å²) in [7, 11) is 0. The molecule has 0 saturated heterocycles. The lowest BCUT2D eigenvalue weighted by Crippen LogP contribution is -2.18. The fraction of sp³-hybridized carbons (Fsp3) is 0.235. The number of rotatable bonds is 12. The molecule has 2 heterocycles. The van der Waals surface area contributed by atoms with Gasteiger partial charge in [-0.3, -0.25) is 4.98 Å². The highest BCUT2D eigenvalue weighted by atomic mass is 35.5. The Morgan fingerprint density at radius 1 is 0.805 bits per heavy atom. The van der Waals surface area contributed by atoms with Crippen molar-refractivity contribution < 1.29 is 9.47 Å². The summed E-state index contributed by atoms with van der Waals surface area (Å²) in [5.41, 5.74) is 4.09. The molecule has 0 amide bonds. The van der Waals surface area contributed by atoms with Gasteiger partial charge in [0.25, 0.3) is 0 Å². The number of anilines is 1. The van der Waals surface area contributed by atoms with Crippen LogP contribution in [0.2, 0.25) is 5.02 Å². The molecule has 7 heteroatoms. The maximum Gasteiger partial charge on any atom is 0.127 e. The third kappa shape index (κ3) is 7.89. The van der Waals surface area contributed by atoms with E-state index in [1.54, 1.807) is 12.4 Å². The number of pyridine rings is 1. The molecule has 0 aliphatic rings. The van der Waals surface area contributed by atoms with Gasteiger partial charge in [-0.2, -0.15) is 0 Å². The second kappa shape index (κ2) is 13.4.